The fourth-order valence-corrected chi connectivity index (χ4v) is 2.37. The van der Waals surface area contributed by atoms with Crippen molar-refractivity contribution < 1.29 is 5.11 Å². The summed E-state index contributed by atoms with van der Waals surface area (Å²) in [5.41, 5.74) is 1.82. The lowest BCUT2D eigenvalue weighted by molar-refractivity contribution is 0.477. The van der Waals surface area contributed by atoms with Gasteiger partial charge in [0.25, 0.3) is 5.56 Å². The molecule has 3 aromatic rings. The number of anilines is 1. The zero-order chi connectivity index (χ0) is 15.7. The number of aromatic amines is 1. The molecular weight excluding hydrogens is 280 g/mol. The molecule has 112 valence electrons. The van der Waals surface area contributed by atoms with Crippen LogP contribution in [-0.4, -0.2) is 26.6 Å². The standard InChI is InChI=1S/C16H16N4O2/c1-3-17-16-18-9(2)11-8-12(15(22)19-14(11)20-16)10-6-4-5-7-13(10)21/h4-8,21H,3H2,1-2H3,(H2,17,18,19,20,22). The molecule has 0 fully saturated rings. The number of fused-ring (bicyclic) bond motifs is 1. The van der Waals surface area contributed by atoms with Crippen LogP contribution in [0.1, 0.15) is 12.6 Å². The maximum Gasteiger partial charge on any atom is 0.257 e. The van der Waals surface area contributed by atoms with Gasteiger partial charge in [-0.25, -0.2) is 4.98 Å². The molecule has 2 aromatic heterocycles. The van der Waals surface area contributed by atoms with Crippen LogP contribution in [0.15, 0.2) is 35.1 Å². The number of rotatable bonds is 3. The highest BCUT2D eigenvalue weighted by Crippen LogP contribution is 2.28. The first-order valence-corrected chi connectivity index (χ1v) is 7.04. The number of hydrogen-bond donors (Lipinski definition) is 3. The maximum absolute atomic E-state index is 12.3. The number of phenols is 1. The van der Waals surface area contributed by atoms with Crippen molar-refractivity contribution in [1.29, 1.82) is 0 Å². The van der Waals surface area contributed by atoms with E-state index in [4.69, 9.17) is 0 Å². The van der Waals surface area contributed by atoms with Crippen LogP contribution in [0.5, 0.6) is 5.75 Å². The highest BCUT2D eigenvalue weighted by atomic mass is 16.3. The Labute approximate surface area is 126 Å². The van der Waals surface area contributed by atoms with Crippen molar-refractivity contribution >= 4 is 17.0 Å². The summed E-state index contributed by atoms with van der Waals surface area (Å²) in [5.74, 6) is 0.550. The molecule has 0 aliphatic heterocycles. The number of nitrogens with zero attached hydrogens (tertiary/aromatic N) is 2. The molecule has 22 heavy (non-hydrogen) atoms. The molecule has 0 aliphatic carbocycles. The van der Waals surface area contributed by atoms with E-state index in [2.05, 4.69) is 20.3 Å². The second-order valence-electron chi connectivity index (χ2n) is 4.95. The molecule has 0 spiro atoms. The first kappa shape index (κ1) is 14.1. The fraction of sp³-hybridized carbons (Fsp3) is 0.188. The van der Waals surface area contributed by atoms with Crippen molar-refractivity contribution in [1.82, 2.24) is 15.0 Å². The van der Waals surface area contributed by atoms with Crippen LogP contribution in [-0.2, 0) is 0 Å². The summed E-state index contributed by atoms with van der Waals surface area (Å²) in [6.45, 7) is 4.51. The van der Waals surface area contributed by atoms with Crippen molar-refractivity contribution in [2.75, 3.05) is 11.9 Å². The number of phenolic OH excluding ortho intramolecular Hbond substituents is 1. The Morgan fingerprint density at radius 3 is 2.73 bits per heavy atom. The van der Waals surface area contributed by atoms with Gasteiger partial charge in [-0.2, -0.15) is 4.98 Å². The third kappa shape index (κ3) is 2.39. The molecule has 6 nitrogen and oxygen atoms in total. The lowest BCUT2D eigenvalue weighted by atomic mass is 10.0. The summed E-state index contributed by atoms with van der Waals surface area (Å²) in [6, 6.07) is 8.46. The summed E-state index contributed by atoms with van der Waals surface area (Å²) in [6.07, 6.45) is 0. The zero-order valence-corrected chi connectivity index (χ0v) is 12.3. The minimum atomic E-state index is -0.297. The second-order valence-corrected chi connectivity index (χ2v) is 4.95. The van der Waals surface area contributed by atoms with Gasteiger partial charge in [0.2, 0.25) is 5.95 Å². The van der Waals surface area contributed by atoms with Crippen LogP contribution in [0.4, 0.5) is 5.95 Å². The van der Waals surface area contributed by atoms with Crippen LogP contribution in [0.2, 0.25) is 0 Å². The minimum Gasteiger partial charge on any atom is -0.507 e. The van der Waals surface area contributed by atoms with Gasteiger partial charge in [-0.1, -0.05) is 18.2 Å². The summed E-state index contributed by atoms with van der Waals surface area (Å²) in [4.78, 5) is 23.8. The van der Waals surface area contributed by atoms with Crippen LogP contribution in [0, 0.1) is 6.92 Å². The molecule has 0 aliphatic rings. The minimum absolute atomic E-state index is 0.0650. The van der Waals surface area contributed by atoms with E-state index in [0.29, 0.717) is 29.3 Å². The van der Waals surface area contributed by atoms with Gasteiger partial charge in [-0.3, -0.25) is 4.79 Å². The Hall–Kier alpha value is -2.89. The zero-order valence-electron chi connectivity index (χ0n) is 12.3. The van der Waals surface area contributed by atoms with E-state index in [1.807, 2.05) is 13.8 Å². The average Bonchev–Trinajstić information content (AvgIpc) is 2.48. The van der Waals surface area contributed by atoms with Crippen molar-refractivity contribution in [3.05, 3.63) is 46.4 Å². The van der Waals surface area contributed by atoms with Gasteiger partial charge >= 0.3 is 0 Å². The van der Waals surface area contributed by atoms with Gasteiger partial charge in [-0.15, -0.1) is 0 Å². The topological polar surface area (TPSA) is 90.9 Å². The van der Waals surface area contributed by atoms with Crippen LogP contribution in [0.3, 0.4) is 0 Å². The lowest BCUT2D eigenvalue weighted by Gasteiger charge is -2.08. The number of nitrogens with one attached hydrogen (secondary N) is 2. The van der Waals surface area contributed by atoms with Gasteiger partial charge in [0.15, 0.2) is 0 Å². The first-order chi connectivity index (χ1) is 10.6. The third-order valence-corrected chi connectivity index (χ3v) is 3.43. The molecule has 3 rings (SSSR count). The van der Waals surface area contributed by atoms with E-state index < -0.39 is 0 Å². The largest absolute Gasteiger partial charge is 0.507 e. The summed E-state index contributed by atoms with van der Waals surface area (Å²) in [5, 5.41) is 13.7. The number of aromatic hydroxyl groups is 1. The predicted molar refractivity (Wildman–Crippen MR) is 86.2 cm³/mol. The normalized spacial score (nSPS) is 10.8. The van der Waals surface area contributed by atoms with Crippen molar-refractivity contribution in [2.45, 2.75) is 13.8 Å². The van der Waals surface area contributed by atoms with Gasteiger partial charge < -0.3 is 15.4 Å². The van der Waals surface area contributed by atoms with E-state index in [1.54, 1.807) is 30.3 Å². The molecule has 0 radical (unpaired) electrons. The second kappa shape index (κ2) is 5.48. The van der Waals surface area contributed by atoms with Crippen LogP contribution >= 0.6 is 0 Å². The molecule has 0 unspecified atom stereocenters. The third-order valence-electron chi connectivity index (χ3n) is 3.43. The van der Waals surface area contributed by atoms with Gasteiger partial charge in [0, 0.05) is 17.5 Å². The molecule has 0 atom stereocenters. The Balaban J connectivity index is 2.25. The summed E-state index contributed by atoms with van der Waals surface area (Å²) in [7, 11) is 0. The van der Waals surface area contributed by atoms with E-state index in [9.17, 15) is 9.90 Å². The lowest BCUT2D eigenvalue weighted by Crippen LogP contribution is -2.12. The van der Waals surface area contributed by atoms with Crippen molar-refractivity contribution in [2.24, 2.45) is 0 Å². The molecule has 3 N–H and O–H groups in total. The van der Waals surface area contributed by atoms with Crippen LogP contribution in [0.25, 0.3) is 22.2 Å². The predicted octanol–water partition coefficient (Wildman–Crippen LogP) is 2.43. The van der Waals surface area contributed by atoms with Crippen molar-refractivity contribution in [3.63, 3.8) is 0 Å². The number of H-pyrrole nitrogens is 1. The quantitative estimate of drug-likeness (QED) is 0.690. The Morgan fingerprint density at radius 2 is 2.00 bits per heavy atom. The number of aromatic nitrogens is 3. The molecule has 0 saturated carbocycles. The average molecular weight is 296 g/mol. The number of aryl methyl sites for hydroxylation is 1. The molecule has 1 aromatic carbocycles. The Morgan fingerprint density at radius 1 is 1.23 bits per heavy atom. The number of benzene rings is 1. The molecule has 0 amide bonds. The van der Waals surface area contributed by atoms with Crippen LogP contribution < -0.4 is 10.9 Å². The van der Waals surface area contributed by atoms with E-state index in [-0.39, 0.29) is 11.3 Å². The Kier molecular flexibility index (Phi) is 3.50. The van der Waals surface area contributed by atoms with E-state index in [0.717, 1.165) is 11.1 Å². The fourth-order valence-electron chi connectivity index (χ4n) is 2.37. The molecule has 0 saturated heterocycles. The first-order valence-electron chi connectivity index (χ1n) is 7.04. The van der Waals surface area contributed by atoms with Crippen molar-refractivity contribution in [3.8, 4) is 16.9 Å². The Bertz CT molecular complexity index is 902. The van der Waals surface area contributed by atoms with Gasteiger partial charge in [0.1, 0.15) is 11.4 Å². The highest BCUT2D eigenvalue weighted by Gasteiger charge is 2.12. The maximum atomic E-state index is 12.3. The highest BCUT2D eigenvalue weighted by molar-refractivity contribution is 5.84. The number of hydrogen-bond acceptors (Lipinski definition) is 5. The molecule has 2 heterocycles. The monoisotopic (exact) mass is 296 g/mol. The van der Waals surface area contributed by atoms with E-state index >= 15 is 0 Å². The summed E-state index contributed by atoms with van der Waals surface area (Å²) < 4.78 is 0. The molecular formula is C16H16N4O2. The molecule has 6 heteroatoms. The van der Waals surface area contributed by atoms with Gasteiger partial charge in [0.05, 0.1) is 11.3 Å². The SMILES string of the molecule is CCNc1nc(C)c2cc(-c3ccccc3O)c(=O)[nH]c2n1. The molecule has 0 bridgehead atoms. The smallest absolute Gasteiger partial charge is 0.257 e. The summed E-state index contributed by atoms with van der Waals surface area (Å²) >= 11 is 0. The number of pyridine rings is 1. The van der Waals surface area contributed by atoms with E-state index in [1.165, 1.54) is 0 Å². The number of para-hydroxylation sites is 1. The van der Waals surface area contributed by atoms with Gasteiger partial charge in [-0.05, 0) is 26.0 Å².